The Morgan fingerprint density at radius 1 is 0.652 bits per heavy atom. The maximum Gasteiger partial charge on any atom is 0.0667 e. The smallest absolute Gasteiger partial charge is 0.0667 e. The molecule has 0 amide bonds. The summed E-state index contributed by atoms with van der Waals surface area (Å²) in [6, 6.07) is 0. The highest BCUT2D eigenvalue weighted by atomic mass is 16.3. The Balaban J connectivity index is 3.10. The number of rotatable bonds is 18. The van der Waals surface area contributed by atoms with E-state index < -0.39 is 0 Å². The van der Waals surface area contributed by atoms with E-state index in [9.17, 15) is 5.11 Å². The summed E-state index contributed by atoms with van der Waals surface area (Å²) in [5.74, 6) is 0. The summed E-state index contributed by atoms with van der Waals surface area (Å²) in [4.78, 5) is 2.19. The fourth-order valence-electron chi connectivity index (χ4n) is 3.15. The second-order valence-electron chi connectivity index (χ2n) is 7.39. The lowest BCUT2D eigenvalue weighted by Gasteiger charge is -2.18. The van der Waals surface area contributed by atoms with Crippen LogP contribution in [-0.2, 0) is 0 Å². The summed E-state index contributed by atoms with van der Waals surface area (Å²) in [5.41, 5.74) is 0. The molecule has 0 aromatic carbocycles. The highest BCUT2D eigenvalue weighted by molar-refractivity contribution is 4.60. The number of aliphatic hydroxyl groups excluding tert-OH is 1. The van der Waals surface area contributed by atoms with E-state index >= 15 is 0 Å². The molecule has 0 spiro atoms. The first-order chi connectivity index (χ1) is 11.2. The quantitative estimate of drug-likeness (QED) is 0.304. The highest BCUT2D eigenvalue weighted by Gasteiger charge is 2.06. The molecule has 140 valence electrons. The van der Waals surface area contributed by atoms with Crippen molar-refractivity contribution in [1.29, 1.82) is 0 Å². The molecule has 2 nitrogen and oxygen atoms in total. The second kappa shape index (κ2) is 18.3. The van der Waals surface area contributed by atoms with Gasteiger partial charge in [-0.25, -0.2) is 0 Å². The van der Waals surface area contributed by atoms with Gasteiger partial charge in [0.1, 0.15) is 0 Å². The van der Waals surface area contributed by atoms with E-state index in [1.54, 1.807) is 0 Å². The number of hydrogen-bond acceptors (Lipinski definition) is 2. The zero-order valence-electron chi connectivity index (χ0n) is 16.5. The molecule has 0 aliphatic rings. The fraction of sp³-hybridized carbons (Fsp3) is 1.00. The standard InChI is InChI=1S/C21H45NO/c1-4-6-7-8-9-10-11-12-13-14-15-16-17-18-19-21(23)20-22(3)5-2/h21,23H,4-20H2,1-3H3. The summed E-state index contributed by atoms with van der Waals surface area (Å²) in [7, 11) is 2.08. The summed E-state index contributed by atoms with van der Waals surface area (Å²) >= 11 is 0. The topological polar surface area (TPSA) is 23.5 Å². The summed E-state index contributed by atoms with van der Waals surface area (Å²) in [6.45, 7) is 6.27. The number of hydrogen-bond donors (Lipinski definition) is 1. The van der Waals surface area contributed by atoms with Crippen LogP contribution in [0.15, 0.2) is 0 Å². The molecule has 0 saturated heterocycles. The molecule has 0 fully saturated rings. The molecule has 1 atom stereocenters. The Morgan fingerprint density at radius 3 is 1.43 bits per heavy atom. The molecule has 0 rings (SSSR count). The molecule has 2 heteroatoms. The van der Waals surface area contributed by atoms with Crippen LogP contribution in [0, 0.1) is 0 Å². The number of aliphatic hydroxyl groups is 1. The van der Waals surface area contributed by atoms with Crippen molar-refractivity contribution in [3.8, 4) is 0 Å². The van der Waals surface area contributed by atoms with Crippen LogP contribution in [0.3, 0.4) is 0 Å². The average molecular weight is 328 g/mol. The Bertz CT molecular complexity index is 220. The Hall–Kier alpha value is -0.0800. The van der Waals surface area contributed by atoms with Crippen molar-refractivity contribution < 1.29 is 5.11 Å². The summed E-state index contributed by atoms with van der Waals surface area (Å²) < 4.78 is 0. The minimum absolute atomic E-state index is 0.128. The van der Waals surface area contributed by atoms with Gasteiger partial charge in [-0.15, -0.1) is 0 Å². The van der Waals surface area contributed by atoms with Crippen molar-refractivity contribution in [3.63, 3.8) is 0 Å². The molecule has 0 radical (unpaired) electrons. The minimum atomic E-state index is -0.128. The van der Waals surface area contributed by atoms with Gasteiger partial charge in [0.25, 0.3) is 0 Å². The van der Waals surface area contributed by atoms with Crippen LogP contribution >= 0.6 is 0 Å². The normalized spacial score (nSPS) is 12.9. The average Bonchev–Trinajstić information content (AvgIpc) is 2.55. The molecule has 0 saturated carbocycles. The van der Waals surface area contributed by atoms with Crippen molar-refractivity contribution in [2.45, 2.75) is 116 Å². The molecule has 0 aliphatic heterocycles. The van der Waals surface area contributed by atoms with Gasteiger partial charge in [0, 0.05) is 6.54 Å². The third-order valence-electron chi connectivity index (χ3n) is 4.95. The van der Waals surface area contributed by atoms with Crippen LogP contribution in [0.25, 0.3) is 0 Å². The van der Waals surface area contributed by atoms with Crippen LogP contribution in [0.2, 0.25) is 0 Å². The predicted octanol–water partition coefficient (Wildman–Crippen LogP) is 6.17. The minimum Gasteiger partial charge on any atom is -0.392 e. The van der Waals surface area contributed by atoms with Gasteiger partial charge in [0.2, 0.25) is 0 Å². The lowest BCUT2D eigenvalue weighted by molar-refractivity contribution is 0.117. The van der Waals surface area contributed by atoms with E-state index in [2.05, 4.69) is 25.8 Å². The molecular formula is C21H45NO. The van der Waals surface area contributed by atoms with Gasteiger partial charge in [0.15, 0.2) is 0 Å². The van der Waals surface area contributed by atoms with E-state index in [1.807, 2.05) is 0 Å². The zero-order chi connectivity index (χ0) is 17.2. The molecular weight excluding hydrogens is 282 g/mol. The van der Waals surface area contributed by atoms with Crippen LogP contribution < -0.4 is 0 Å². The molecule has 0 aromatic heterocycles. The zero-order valence-corrected chi connectivity index (χ0v) is 16.5. The van der Waals surface area contributed by atoms with Crippen molar-refractivity contribution >= 4 is 0 Å². The maximum atomic E-state index is 9.90. The maximum absolute atomic E-state index is 9.90. The Kier molecular flexibility index (Phi) is 18.2. The molecule has 0 heterocycles. The van der Waals surface area contributed by atoms with Gasteiger partial charge in [-0.3, -0.25) is 0 Å². The van der Waals surface area contributed by atoms with E-state index in [0.717, 1.165) is 19.5 Å². The number of unbranched alkanes of at least 4 members (excludes halogenated alkanes) is 13. The third kappa shape index (κ3) is 18.1. The summed E-state index contributed by atoms with van der Waals surface area (Å²) in [6.07, 6.45) is 20.4. The van der Waals surface area contributed by atoms with Crippen LogP contribution in [0.4, 0.5) is 0 Å². The Labute approximate surface area is 147 Å². The van der Waals surface area contributed by atoms with Crippen molar-refractivity contribution in [2.24, 2.45) is 0 Å². The van der Waals surface area contributed by atoms with Crippen LogP contribution in [0.1, 0.15) is 110 Å². The first-order valence-electron chi connectivity index (χ1n) is 10.6. The SMILES string of the molecule is CCCCCCCCCCCCCCCCC(O)CN(C)CC. The van der Waals surface area contributed by atoms with Crippen molar-refractivity contribution in [1.82, 2.24) is 4.90 Å². The lowest BCUT2D eigenvalue weighted by atomic mass is 10.0. The Morgan fingerprint density at radius 2 is 1.04 bits per heavy atom. The number of likely N-dealkylation sites (N-methyl/N-ethyl adjacent to an activating group) is 1. The largest absolute Gasteiger partial charge is 0.392 e. The van der Waals surface area contributed by atoms with Gasteiger partial charge < -0.3 is 10.0 Å². The molecule has 23 heavy (non-hydrogen) atoms. The van der Waals surface area contributed by atoms with E-state index in [0.29, 0.717) is 0 Å². The van der Waals surface area contributed by atoms with Crippen molar-refractivity contribution in [3.05, 3.63) is 0 Å². The van der Waals surface area contributed by atoms with Gasteiger partial charge in [-0.2, -0.15) is 0 Å². The van der Waals surface area contributed by atoms with Crippen LogP contribution in [-0.4, -0.2) is 36.2 Å². The summed E-state index contributed by atoms with van der Waals surface area (Å²) in [5, 5.41) is 9.90. The fourth-order valence-corrected chi connectivity index (χ4v) is 3.15. The molecule has 0 bridgehead atoms. The van der Waals surface area contributed by atoms with Gasteiger partial charge in [-0.05, 0) is 20.0 Å². The lowest BCUT2D eigenvalue weighted by Crippen LogP contribution is -2.28. The molecule has 1 unspecified atom stereocenters. The van der Waals surface area contributed by atoms with Crippen molar-refractivity contribution in [2.75, 3.05) is 20.1 Å². The van der Waals surface area contributed by atoms with Gasteiger partial charge in [-0.1, -0.05) is 104 Å². The van der Waals surface area contributed by atoms with E-state index in [4.69, 9.17) is 0 Å². The van der Waals surface area contributed by atoms with Crippen LogP contribution in [0.5, 0.6) is 0 Å². The first-order valence-corrected chi connectivity index (χ1v) is 10.6. The monoisotopic (exact) mass is 327 g/mol. The van der Waals surface area contributed by atoms with E-state index in [-0.39, 0.29) is 6.10 Å². The highest BCUT2D eigenvalue weighted by Crippen LogP contribution is 2.13. The third-order valence-corrected chi connectivity index (χ3v) is 4.95. The molecule has 1 N–H and O–H groups in total. The molecule has 0 aliphatic carbocycles. The predicted molar refractivity (Wildman–Crippen MR) is 104 cm³/mol. The number of nitrogens with zero attached hydrogens (tertiary/aromatic N) is 1. The second-order valence-corrected chi connectivity index (χ2v) is 7.39. The van der Waals surface area contributed by atoms with Gasteiger partial charge in [0.05, 0.1) is 6.10 Å². The first kappa shape index (κ1) is 22.9. The van der Waals surface area contributed by atoms with Gasteiger partial charge >= 0.3 is 0 Å². The van der Waals surface area contributed by atoms with E-state index in [1.165, 1.54) is 89.9 Å². The molecule has 0 aromatic rings.